The number of aromatic amines is 1. The third kappa shape index (κ3) is 4.36. The van der Waals surface area contributed by atoms with Crippen molar-refractivity contribution in [3.8, 4) is 6.07 Å². The Morgan fingerprint density at radius 2 is 2.04 bits per heavy atom. The Balaban J connectivity index is 2.00. The molecule has 1 amide bonds. The molecule has 24 heavy (non-hydrogen) atoms. The number of nitriles is 1. The highest BCUT2D eigenvalue weighted by molar-refractivity contribution is 5.96. The standard InChI is InChI=1S/C17H24N4O3/c1-3-24-17(23)15-11(2)13(9-18)16(21-15)20-14(22)10-19-12-7-5-4-6-8-12/h12,19,21H,3-8,10H2,1-2H3,(H,20,22). The summed E-state index contributed by atoms with van der Waals surface area (Å²) in [6.07, 6.45) is 5.82. The average molecular weight is 332 g/mol. The highest BCUT2D eigenvalue weighted by Crippen LogP contribution is 2.23. The maximum atomic E-state index is 12.1. The van der Waals surface area contributed by atoms with Gasteiger partial charge in [0.2, 0.25) is 5.91 Å². The van der Waals surface area contributed by atoms with E-state index < -0.39 is 5.97 Å². The van der Waals surface area contributed by atoms with Gasteiger partial charge in [0.1, 0.15) is 17.6 Å². The molecule has 0 atom stereocenters. The number of rotatable bonds is 6. The minimum absolute atomic E-state index is 0.183. The smallest absolute Gasteiger partial charge is 0.355 e. The molecule has 130 valence electrons. The van der Waals surface area contributed by atoms with E-state index in [1.807, 2.05) is 6.07 Å². The minimum atomic E-state index is -0.535. The molecular weight excluding hydrogens is 308 g/mol. The van der Waals surface area contributed by atoms with Gasteiger partial charge in [-0.15, -0.1) is 0 Å². The zero-order chi connectivity index (χ0) is 17.5. The molecule has 0 unspecified atom stereocenters. The van der Waals surface area contributed by atoms with Crippen molar-refractivity contribution in [2.45, 2.75) is 52.0 Å². The fraction of sp³-hybridized carbons (Fsp3) is 0.588. The molecule has 0 saturated heterocycles. The molecule has 1 aromatic rings. The van der Waals surface area contributed by atoms with E-state index in [1.165, 1.54) is 19.3 Å². The second-order valence-electron chi connectivity index (χ2n) is 5.97. The highest BCUT2D eigenvalue weighted by Gasteiger charge is 2.21. The molecule has 1 aromatic heterocycles. The van der Waals surface area contributed by atoms with Crippen LogP contribution in [0.5, 0.6) is 0 Å². The minimum Gasteiger partial charge on any atom is -0.461 e. The van der Waals surface area contributed by atoms with Crippen molar-refractivity contribution in [1.29, 1.82) is 5.26 Å². The Bertz CT molecular complexity index is 639. The number of ether oxygens (including phenoxy) is 1. The van der Waals surface area contributed by atoms with Crippen LogP contribution in [0.2, 0.25) is 0 Å². The van der Waals surface area contributed by atoms with Gasteiger partial charge in [-0.1, -0.05) is 19.3 Å². The van der Waals surface area contributed by atoms with Gasteiger partial charge in [0.15, 0.2) is 0 Å². The SMILES string of the molecule is CCOC(=O)c1[nH]c(NC(=O)CNC2CCCCC2)c(C#N)c1C. The molecule has 0 spiro atoms. The fourth-order valence-corrected chi connectivity index (χ4v) is 2.96. The number of anilines is 1. The molecule has 1 saturated carbocycles. The zero-order valence-electron chi connectivity index (χ0n) is 14.2. The normalized spacial score (nSPS) is 14.9. The molecule has 1 heterocycles. The number of aromatic nitrogens is 1. The van der Waals surface area contributed by atoms with Crippen LogP contribution in [0, 0.1) is 18.3 Å². The Hall–Kier alpha value is -2.33. The van der Waals surface area contributed by atoms with Gasteiger partial charge in [0.05, 0.1) is 18.7 Å². The molecular formula is C17H24N4O3. The van der Waals surface area contributed by atoms with Crippen LogP contribution in [0.1, 0.15) is 60.6 Å². The molecule has 0 bridgehead atoms. The summed E-state index contributed by atoms with van der Waals surface area (Å²) in [6.45, 7) is 3.78. The second-order valence-corrected chi connectivity index (χ2v) is 5.97. The lowest BCUT2D eigenvalue weighted by molar-refractivity contribution is -0.115. The first-order valence-corrected chi connectivity index (χ1v) is 8.39. The Labute approximate surface area is 141 Å². The van der Waals surface area contributed by atoms with Crippen LogP contribution >= 0.6 is 0 Å². The van der Waals surface area contributed by atoms with Crippen LogP contribution in [0.15, 0.2) is 0 Å². The molecule has 7 nitrogen and oxygen atoms in total. The number of amides is 1. The van der Waals surface area contributed by atoms with Crippen molar-refractivity contribution < 1.29 is 14.3 Å². The lowest BCUT2D eigenvalue weighted by Gasteiger charge is -2.22. The number of hydrogen-bond donors (Lipinski definition) is 3. The third-order valence-corrected chi connectivity index (χ3v) is 4.26. The van der Waals surface area contributed by atoms with Crippen LogP contribution in [-0.2, 0) is 9.53 Å². The van der Waals surface area contributed by atoms with Gasteiger partial charge in [-0.2, -0.15) is 5.26 Å². The number of nitrogens with one attached hydrogen (secondary N) is 3. The number of esters is 1. The predicted octanol–water partition coefficient (Wildman–Crippen LogP) is 2.23. The summed E-state index contributed by atoms with van der Waals surface area (Å²) in [5, 5.41) is 15.2. The number of nitrogens with zero attached hydrogens (tertiary/aromatic N) is 1. The Kier molecular flexibility index (Phi) is 6.38. The maximum Gasteiger partial charge on any atom is 0.355 e. The first-order chi connectivity index (χ1) is 11.6. The topological polar surface area (TPSA) is 107 Å². The van der Waals surface area contributed by atoms with E-state index in [2.05, 4.69) is 15.6 Å². The summed E-state index contributed by atoms with van der Waals surface area (Å²) in [7, 11) is 0. The molecule has 3 N–H and O–H groups in total. The lowest BCUT2D eigenvalue weighted by atomic mass is 9.95. The van der Waals surface area contributed by atoms with E-state index in [1.54, 1.807) is 13.8 Å². The van der Waals surface area contributed by atoms with Crippen LogP contribution in [-0.4, -0.2) is 36.1 Å². The van der Waals surface area contributed by atoms with Crippen molar-refractivity contribution in [2.75, 3.05) is 18.5 Å². The number of carbonyl (C=O) groups is 2. The van der Waals surface area contributed by atoms with Crippen LogP contribution in [0.4, 0.5) is 5.82 Å². The second kappa shape index (κ2) is 8.50. The lowest BCUT2D eigenvalue weighted by Crippen LogP contribution is -2.37. The van der Waals surface area contributed by atoms with E-state index >= 15 is 0 Å². The highest BCUT2D eigenvalue weighted by atomic mass is 16.5. The number of carbonyl (C=O) groups excluding carboxylic acids is 2. The van der Waals surface area contributed by atoms with E-state index in [9.17, 15) is 14.9 Å². The van der Waals surface area contributed by atoms with Crippen molar-refractivity contribution in [3.63, 3.8) is 0 Å². The average Bonchev–Trinajstić information content (AvgIpc) is 2.89. The van der Waals surface area contributed by atoms with Crippen molar-refractivity contribution >= 4 is 17.7 Å². The summed E-state index contributed by atoms with van der Waals surface area (Å²) in [5.74, 6) is -0.533. The van der Waals surface area contributed by atoms with Crippen LogP contribution in [0.25, 0.3) is 0 Å². The molecule has 0 aliphatic heterocycles. The van der Waals surface area contributed by atoms with Gasteiger partial charge in [-0.3, -0.25) is 4.79 Å². The van der Waals surface area contributed by atoms with Gasteiger partial charge in [-0.05, 0) is 26.7 Å². The van der Waals surface area contributed by atoms with E-state index in [0.29, 0.717) is 11.6 Å². The quantitative estimate of drug-likeness (QED) is 0.693. The van der Waals surface area contributed by atoms with Crippen molar-refractivity contribution in [3.05, 3.63) is 16.8 Å². The summed E-state index contributed by atoms with van der Waals surface area (Å²) in [5.41, 5.74) is 0.930. The van der Waals surface area contributed by atoms with Crippen LogP contribution < -0.4 is 10.6 Å². The zero-order valence-corrected chi connectivity index (χ0v) is 14.2. The largest absolute Gasteiger partial charge is 0.461 e. The third-order valence-electron chi connectivity index (χ3n) is 4.26. The van der Waals surface area contributed by atoms with E-state index in [4.69, 9.17) is 4.74 Å². The monoisotopic (exact) mass is 332 g/mol. The molecule has 1 aliphatic rings. The molecule has 1 fully saturated rings. The van der Waals surface area contributed by atoms with Gasteiger partial charge in [0.25, 0.3) is 0 Å². The van der Waals surface area contributed by atoms with Gasteiger partial charge < -0.3 is 20.4 Å². The Morgan fingerprint density at radius 1 is 1.33 bits per heavy atom. The molecule has 0 radical (unpaired) electrons. The molecule has 1 aliphatic carbocycles. The first-order valence-electron chi connectivity index (χ1n) is 8.39. The van der Waals surface area contributed by atoms with Gasteiger partial charge >= 0.3 is 5.97 Å². The fourth-order valence-electron chi connectivity index (χ4n) is 2.96. The van der Waals surface area contributed by atoms with Gasteiger partial charge in [0, 0.05) is 11.6 Å². The number of hydrogen-bond acceptors (Lipinski definition) is 5. The first kappa shape index (κ1) is 18.0. The Morgan fingerprint density at radius 3 is 2.67 bits per heavy atom. The summed E-state index contributed by atoms with van der Waals surface area (Å²) >= 11 is 0. The van der Waals surface area contributed by atoms with E-state index in [-0.39, 0.29) is 36.1 Å². The summed E-state index contributed by atoms with van der Waals surface area (Å²) in [4.78, 5) is 26.8. The molecule has 2 rings (SSSR count). The molecule has 7 heteroatoms. The van der Waals surface area contributed by atoms with Crippen molar-refractivity contribution in [1.82, 2.24) is 10.3 Å². The van der Waals surface area contributed by atoms with Gasteiger partial charge in [-0.25, -0.2) is 4.79 Å². The summed E-state index contributed by atoms with van der Waals surface area (Å²) in [6, 6.07) is 2.39. The van der Waals surface area contributed by atoms with E-state index in [0.717, 1.165) is 12.8 Å². The van der Waals surface area contributed by atoms with Crippen LogP contribution in [0.3, 0.4) is 0 Å². The number of H-pyrrole nitrogens is 1. The summed E-state index contributed by atoms with van der Waals surface area (Å²) < 4.78 is 4.95. The van der Waals surface area contributed by atoms with Crippen molar-refractivity contribution in [2.24, 2.45) is 0 Å². The maximum absolute atomic E-state index is 12.1. The predicted molar refractivity (Wildman–Crippen MR) is 89.7 cm³/mol. The molecule has 0 aromatic carbocycles.